The van der Waals surface area contributed by atoms with Crippen molar-refractivity contribution in [1.29, 1.82) is 0 Å². The van der Waals surface area contributed by atoms with Gasteiger partial charge in [0.05, 0.1) is 17.6 Å². The molecule has 0 amide bonds. The van der Waals surface area contributed by atoms with Gasteiger partial charge in [-0.25, -0.2) is 0 Å². The van der Waals surface area contributed by atoms with Gasteiger partial charge in [-0.1, -0.05) is 24.3 Å². The molecule has 94 valence electrons. The lowest BCUT2D eigenvalue weighted by Crippen LogP contribution is -1.82. The molecular weight excluding hydrogens is 262 g/mol. The Morgan fingerprint density at radius 2 is 1.17 bits per heavy atom. The highest BCUT2D eigenvalue weighted by Crippen LogP contribution is 2.29. The molecule has 2 rings (SSSR count). The molecule has 0 aliphatic heterocycles. The Labute approximate surface area is 111 Å². The summed E-state index contributed by atoms with van der Waals surface area (Å²) in [4.78, 5) is 0. The first-order valence-corrected chi connectivity index (χ1v) is 8.53. The second-order valence-corrected chi connectivity index (χ2v) is 4.89. The molecule has 0 spiro atoms. The largest absolute Gasteiger partial charge is 0.477 e. The zero-order valence-electron chi connectivity index (χ0n) is 10.4. The van der Waals surface area contributed by atoms with Gasteiger partial charge in [0.2, 0.25) is 0 Å². The highest BCUT2D eigenvalue weighted by Gasteiger charge is 2.01. The summed E-state index contributed by atoms with van der Waals surface area (Å²) in [5.74, 6) is 1.83. The molecule has 0 N–H and O–H groups in total. The molecule has 2 aromatic carbocycles. The summed E-state index contributed by atoms with van der Waals surface area (Å²) < 4.78 is 11.1. The van der Waals surface area contributed by atoms with Gasteiger partial charge in [-0.15, -0.1) is 0 Å². The third-order valence-corrected chi connectivity index (χ3v) is 3.32. The van der Waals surface area contributed by atoms with Crippen molar-refractivity contribution in [3.63, 3.8) is 0 Å². The van der Waals surface area contributed by atoms with E-state index in [1.165, 1.54) is 0 Å². The van der Waals surface area contributed by atoms with Crippen LogP contribution in [0.3, 0.4) is 0 Å². The van der Waals surface area contributed by atoms with Crippen LogP contribution in [0, 0.1) is 0 Å². The summed E-state index contributed by atoms with van der Waals surface area (Å²) in [5, 5.41) is 0. The van der Waals surface area contributed by atoms with Crippen molar-refractivity contribution in [2.45, 2.75) is 0 Å². The summed E-state index contributed by atoms with van der Waals surface area (Å²) >= 11 is 0. The lowest BCUT2D eigenvalue weighted by atomic mass is 10.1. The van der Waals surface area contributed by atoms with Crippen LogP contribution in [0.25, 0.3) is 11.1 Å². The van der Waals surface area contributed by atoms with E-state index in [2.05, 4.69) is 24.3 Å². The molecule has 0 heterocycles. The minimum atomic E-state index is 0.463. The average molecular weight is 278 g/mol. The lowest BCUT2D eigenvalue weighted by molar-refractivity contribution is 0.634. The van der Waals surface area contributed by atoms with E-state index in [0.29, 0.717) is 17.6 Å². The van der Waals surface area contributed by atoms with Crippen LogP contribution in [-0.2, 0) is 0 Å². The number of hydrogen-bond acceptors (Lipinski definition) is 2. The maximum absolute atomic E-state index is 5.54. The molecule has 0 radical (unpaired) electrons. The molecular formula is C14H16O2P2. The van der Waals surface area contributed by atoms with Crippen molar-refractivity contribution in [2.24, 2.45) is 0 Å². The third-order valence-electron chi connectivity index (χ3n) is 2.44. The highest BCUT2D eigenvalue weighted by atomic mass is 31.1. The van der Waals surface area contributed by atoms with Crippen LogP contribution in [0.4, 0.5) is 0 Å². The number of hydrogen-bond donors (Lipinski definition) is 0. The predicted molar refractivity (Wildman–Crippen MR) is 81.6 cm³/mol. The topological polar surface area (TPSA) is 18.5 Å². The van der Waals surface area contributed by atoms with Gasteiger partial charge in [-0.3, -0.25) is 0 Å². The van der Waals surface area contributed by atoms with Crippen molar-refractivity contribution in [2.75, 3.05) is 13.3 Å². The normalized spacial score (nSPS) is 11.4. The Kier molecular flexibility index (Phi) is 4.99. The van der Waals surface area contributed by atoms with Gasteiger partial charge in [0.1, 0.15) is 11.5 Å². The van der Waals surface area contributed by atoms with Crippen LogP contribution in [0.15, 0.2) is 48.5 Å². The quantitative estimate of drug-likeness (QED) is 0.746. The van der Waals surface area contributed by atoms with Gasteiger partial charge >= 0.3 is 0 Å². The van der Waals surface area contributed by atoms with E-state index in [1.54, 1.807) is 0 Å². The van der Waals surface area contributed by atoms with Crippen LogP contribution < -0.4 is 9.05 Å². The fourth-order valence-corrected chi connectivity index (χ4v) is 2.44. The second-order valence-electron chi connectivity index (χ2n) is 3.67. The Bertz CT molecular complexity index is 467. The van der Waals surface area contributed by atoms with Crippen molar-refractivity contribution in [3.8, 4) is 22.6 Å². The molecule has 2 atom stereocenters. The minimum absolute atomic E-state index is 0.463. The molecule has 2 unspecified atom stereocenters. The van der Waals surface area contributed by atoms with Crippen LogP contribution in [0.5, 0.6) is 11.5 Å². The van der Waals surface area contributed by atoms with E-state index in [-0.39, 0.29) is 0 Å². The molecule has 0 aliphatic rings. The van der Waals surface area contributed by atoms with Gasteiger partial charge in [0.15, 0.2) is 0 Å². The van der Waals surface area contributed by atoms with Crippen molar-refractivity contribution < 1.29 is 9.05 Å². The Balaban J connectivity index is 2.29. The molecule has 0 saturated heterocycles. The summed E-state index contributed by atoms with van der Waals surface area (Å²) in [6, 6.07) is 16.3. The SMILES string of the molecule is CPOc1cccc(-c2cccc(OPC)c2)c1. The lowest BCUT2D eigenvalue weighted by Gasteiger charge is -2.08. The zero-order chi connectivity index (χ0) is 12.8. The van der Waals surface area contributed by atoms with Gasteiger partial charge in [-0.2, -0.15) is 0 Å². The second kappa shape index (κ2) is 6.73. The summed E-state index contributed by atoms with van der Waals surface area (Å²) in [7, 11) is 0.927. The van der Waals surface area contributed by atoms with Gasteiger partial charge < -0.3 is 9.05 Å². The first-order chi connectivity index (χ1) is 8.83. The summed E-state index contributed by atoms with van der Waals surface area (Å²) in [6.45, 7) is 4.03. The monoisotopic (exact) mass is 278 g/mol. The van der Waals surface area contributed by atoms with E-state index in [9.17, 15) is 0 Å². The number of benzene rings is 2. The fourth-order valence-electron chi connectivity index (χ4n) is 1.71. The molecule has 0 saturated carbocycles. The van der Waals surface area contributed by atoms with Crippen molar-refractivity contribution in [1.82, 2.24) is 0 Å². The van der Waals surface area contributed by atoms with Gasteiger partial charge in [-0.05, 0) is 48.7 Å². The minimum Gasteiger partial charge on any atom is -0.477 e. The maximum Gasteiger partial charge on any atom is 0.123 e. The standard InChI is InChI=1S/C14H16O2P2/c1-17-15-13-7-3-5-11(9-13)12-6-4-8-14(10-12)16-18-2/h3-10,17-18H,1-2H3. The highest BCUT2D eigenvalue weighted by molar-refractivity contribution is 7.31. The Hall–Kier alpha value is -1.10. The molecule has 2 nitrogen and oxygen atoms in total. The summed E-state index contributed by atoms with van der Waals surface area (Å²) in [6.07, 6.45) is 0. The van der Waals surface area contributed by atoms with Gasteiger partial charge in [0.25, 0.3) is 0 Å². The molecule has 4 heteroatoms. The van der Waals surface area contributed by atoms with Crippen LogP contribution in [-0.4, -0.2) is 13.3 Å². The zero-order valence-corrected chi connectivity index (χ0v) is 12.4. The molecule has 0 bridgehead atoms. The molecule has 0 aromatic heterocycles. The Morgan fingerprint density at radius 1 is 0.722 bits per heavy atom. The average Bonchev–Trinajstić information content (AvgIpc) is 2.40. The van der Waals surface area contributed by atoms with Crippen molar-refractivity contribution >= 4 is 17.6 Å². The Morgan fingerprint density at radius 3 is 1.56 bits per heavy atom. The van der Waals surface area contributed by atoms with E-state index in [4.69, 9.17) is 9.05 Å². The van der Waals surface area contributed by atoms with Gasteiger partial charge in [0, 0.05) is 0 Å². The fraction of sp³-hybridized carbons (Fsp3) is 0.143. The molecule has 2 aromatic rings. The van der Waals surface area contributed by atoms with E-state index in [1.807, 2.05) is 37.6 Å². The first-order valence-electron chi connectivity index (χ1n) is 5.71. The molecule has 18 heavy (non-hydrogen) atoms. The smallest absolute Gasteiger partial charge is 0.123 e. The first kappa shape index (κ1) is 13.3. The molecule has 0 fully saturated rings. The third kappa shape index (κ3) is 3.45. The van der Waals surface area contributed by atoms with Crippen LogP contribution >= 0.6 is 17.6 Å². The number of rotatable bonds is 5. The predicted octanol–water partition coefficient (Wildman–Crippen LogP) is 4.56. The van der Waals surface area contributed by atoms with E-state index in [0.717, 1.165) is 22.6 Å². The van der Waals surface area contributed by atoms with E-state index < -0.39 is 0 Å². The van der Waals surface area contributed by atoms with Crippen LogP contribution in [0.1, 0.15) is 0 Å². The maximum atomic E-state index is 5.54. The summed E-state index contributed by atoms with van der Waals surface area (Å²) in [5.41, 5.74) is 2.30. The van der Waals surface area contributed by atoms with Crippen molar-refractivity contribution in [3.05, 3.63) is 48.5 Å². The molecule has 0 aliphatic carbocycles. The van der Waals surface area contributed by atoms with E-state index >= 15 is 0 Å². The van der Waals surface area contributed by atoms with Crippen LogP contribution in [0.2, 0.25) is 0 Å².